The summed E-state index contributed by atoms with van der Waals surface area (Å²) in [7, 11) is 3.55. The molecule has 2 aliphatic rings. The molecule has 1 saturated heterocycles. The number of carbonyl (C=O) groups is 1. The fourth-order valence-corrected chi connectivity index (χ4v) is 4.67. The average Bonchev–Trinajstić information content (AvgIpc) is 3.22. The highest BCUT2D eigenvalue weighted by atomic mass is 127. The third-order valence-electron chi connectivity index (χ3n) is 6.37. The molecular formula is C22H36IN5O2. The first-order valence-electron chi connectivity index (χ1n) is 10.7. The number of piperidine rings is 1. The average molecular weight is 529 g/mol. The highest BCUT2D eigenvalue weighted by Gasteiger charge is 2.36. The van der Waals surface area contributed by atoms with Gasteiger partial charge in [-0.25, -0.2) is 0 Å². The first-order chi connectivity index (χ1) is 14.0. The van der Waals surface area contributed by atoms with E-state index in [1.807, 2.05) is 13.1 Å². The van der Waals surface area contributed by atoms with Crippen LogP contribution in [0.5, 0.6) is 5.75 Å². The molecule has 1 saturated carbocycles. The van der Waals surface area contributed by atoms with E-state index in [9.17, 15) is 4.79 Å². The number of ether oxygens (including phenoxy) is 1. The topological polar surface area (TPSA) is 92.0 Å². The second-order valence-corrected chi connectivity index (χ2v) is 8.31. The molecule has 0 unspecified atom stereocenters. The molecule has 1 aliphatic carbocycles. The Morgan fingerprint density at radius 2 is 2.00 bits per heavy atom. The SMILES string of the molecule is CN=C(NCC1(c2cccc(OC)c2)CCCC1)NC1CCN(CC(N)=O)CC1.I. The summed E-state index contributed by atoms with van der Waals surface area (Å²) in [4.78, 5) is 17.7. The quantitative estimate of drug-likeness (QED) is 0.286. The lowest BCUT2D eigenvalue weighted by atomic mass is 9.78. The van der Waals surface area contributed by atoms with Crippen LogP contribution in [0.2, 0.25) is 0 Å². The summed E-state index contributed by atoms with van der Waals surface area (Å²) in [5, 5.41) is 7.16. The molecule has 0 aromatic heterocycles. The van der Waals surface area contributed by atoms with Gasteiger partial charge in [0, 0.05) is 38.1 Å². The molecule has 0 atom stereocenters. The van der Waals surface area contributed by atoms with E-state index in [4.69, 9.17) is 10.5 Å². The molecule has 1 aromatic carbocycles. The van der Waals surface area contributed by atoms with E-state index in [1.165, 1.54) is 31.2 Å². The molecule has 168 valence electrons. The minimum absolute atomic E-state index is 0. The number of hydrogen-bond donors (Lipinski definition) is 3. The Hall–Kier alpha value is -1.55. The number of halogens is 1. The molecule has 0 spiro atoms. The third kappa shape index (κ3) is 6.47. The molecule has 8 heteroatoms. The molecule has 2 fully saturated rings. The molecule has 1 amide bonds. The van der Waals surface area contributed by atoms with Crippen LogP contribution in [-0.4, -0.2) is 63.1 Å². The molecule has 1 aromatic rings. The number of likely N-dealkylation sites (tertiary alicyclic amines) is 1. The zero-order chi connectivity index (χ0) is 20.7. The molecule has 7 nitrogen and oxygen atoms in total. The van der Waals surface area contributed by atoms with Gasteiger partial charge >= 0.3 is 0 Å². The van der Waals surface area contributed by atoms with Gasteiger partial charge < -0.3 is 21.1 Å². The Morgan fingerprint density at radius 3 is 2.60 bits per heavy atom. The molecule has 0 bridgehead atoms. The Bertz CT molecular complexity index is 713. The standard InChI is InChI=1S/C22H35N5O2.HI/c1-24-21(26-18-8-12-27(13-9-18)15-20(23)28)25-16-22(10-3-4-11-22)17-6-5-7-19(14-17)29-2;/h5-7,14,18H,3-4,8-13,15-16H2,1-2H3,(H2,23,28)(H2,24,25,26);1H. The van der Waals surface area contributed by atoms with Crippen molar-refractivity contribution < 1.29 is 9.53 Å². The Balaban J connectivity index is 0.00000320. The molecule has 1 aliphatic heterocycles. The molecule has 30 heavy (non-hydrogen) atoms. The van der Waals surface area contributed by atoms with E-state index in [-0.39, 0.29) is 35.3 Å². The predicted octanol–water partition coefficient (Wildman–Crippen LogP) is 2.24. The van der Waals surface area contributed by atoms with Crippen molar-refractivity contribution in [3.63, 3.8) is 0 Å². The smallest absolute Gasteiger partial charge is 0.231 e. The van der Waals surface area contributed by atoms with Crippen LogP contribution in [-0.2, 0) is 10.2 Å². The lowest BCUT2D eigenvalue weighted by Crippen LogP contribution is -2.51. The van der Waals surface area contributed by atoms with Crippen molar-refractivity contribution in [2.45, 2.75) is 50.0 Å². The predicted molar refractivity (Wildman–Crippen MR) is 132 cm³/mol. The largest absolute Gasteiger partial charge is 0.497 e. The molecule has 3 rings (SSSR count). The number of benzene rings is 1. The number of carbonyl (C=O) groups excluding carboxylic acids is 1. The Kier molecular flexibility index (Phi) is 9.67. The minimum Gasteiger partial charge on any atom is -0.497 e. The summed E-state index contributed by atoms with van der Waals surface area (Å²) in [5.74, 6) is 1.51. The van der Waals surface area contributed by atoms with Crippen LogP contribution in [0.25, 0.3) is 0 Å². The maximum Gasteiger partial charge on any atom is 0.231 e. The molecule has 1 heterocycles. The molecule has 4 N–H and O–H groups in total. The Labute approximate surface area is 197 Å². The van der Waals surface area contributed by atoms with Crippen LogP contribution in [0.15, 0.2) is 29.3 Å². The zero-order valence-corrected chi connectivity index (χ0v) is 20.5. The number of nitrogens with two attached hydrogens (primary N) is 1. The van der Waals surface area contributed by atoms with Crippen molar-refractivity contribution in [1.82, 2.24) is 15.5 Å². The van der Waals surface area contributed by atoms with Gasteiger partial charge in [-0.1, -0.05) is 25.0 Å². The third-order valence-corrected chi connectivity index (χ3v) is 6.37. The summed E-state index contributed by atoms with van der Waals surface area (Å²) < 4.78 is 5.45. The van der Waals surface area contributed by atoms with Crippen LogP contribution in [0, 0.1) is 0 Å². The number of nitrogens with one attached hydrogen (secondary N) is 2. The number of rotatable bonds is 7. The number of methoxy groups -OCH3 is 1. The maximum atomic E-state index is 11.1. The first kappa shape index (κ1) is 24.7. The van der Waals surface area contributed by atoms with Crippen molar-refractivity contribution >= 4 is 35.8 Å². The van der Waals surface area contributed by atoms with Crippen molar-refractivity contribution in [3.05, 3.63) is 29.8 Å². The fraction of sp³-hybridized carbons (Fsp3) is 0.636. The van der Waals surface area contributed by atoms with Crippen LogP contribution in [0.3, 0.4) is 0 Å². The van der Waals surface area contributed by atoms with Crippen molar-refractivity contribution in [3.8, 4) is 5.75 Å². The highest BCUT2D eigenvalue weighted by Crippen LogP contribution is 2.41. The van der Waals surface area contributed by atoms with E-state index in [2.05, 4.69) is 38.7 Å². The van der Waals surface area contributed by atoms with Crippen molar-refractivity contribution in [1.29, 1.82) is 0 Å². The first-order valence-corrected chi connectivity index (χ1v) is 10.7. The zero-order valence-electron chi connectivity index (χ0n) is 18.2. The highest BCUT2D eigenvalue weighted by molar-refractivity contribution is 14.0. The van der Waals surface area contributed by atoms with Gasteiger partial charge in [-0.3, -0.25) is 14.7 Å². The lowest BCUT2D eigenvalue weighted by Gasteiger charge is -2.34. The molecular weight excluding hydrogens is 493 g/mol. The van der Waals surface area contributed by atoms with Crippen molar-refractivity contribution in [2.75, 3.05) is 40.3 Å². The minimum atomic E-state index is -0.256. The number of primary amides is 1. The number of hydrogen-bond acceptors (Lipinski definition) is 4. The van der Waals surface area contributed by atoms with E-state index in [1.54, 1.807) is 7.11 Å². The van der Waals surface area contributed by atoms with Gasteiger partial charge in [0.05, 0.1) is 13.7 Å². The van der Waals surface area contributed by atoms with Crippen LogP contribution >= 0.6 is 24.0 Å². The summed E-state index contributed by atoms with van der Waals surface area (Å²) in [6, 6.07) is 8.85. The number of nitrogens with zero attached hydrogens (tertiary/aromatic N) is 2. The monoisotopic (exact) mass is 529 g/mol. The van der Waals surface area contributed by atoms with Gasteiger partial charge in [0.2, 0.25) is 5.91 Å². The number of guanidine groups is 1. The summed E-state index contributed by atoms with van der Waals surface area (Å²) in [6.07, 6.45) is 6.82. The van der Waals surface area contributed by atoms with Crippen LogP contribution < -0.4 is 21.1 Å². The van der Waals surface area contributed by atoms with Gasteiger partial charge in [-0.2, -0.15) is 0 Å². The van der Waals surface area contributed by atoms with E-state index in [0.29, 0.717) is 12.6 Å². The summed E-state index contributed by atoms with van der Waals surface area (Å²) in [5.41, 5.74) is 6.77. The van der Waals surface area contributed by atoms with E-state index >= 15 is 0 Å². The van der Waals surface area contributed by atoms with Gasteiger partial charge in [-0.15, -0.1) is 24.0 Å². The lowest BCUT2D eigenvalue weighted by molar-refractivity contribution is -0.119. The van der Waals surface area contributed by atoms with Crippen LogP contribution in [0.4, 0.5) is 0 Å². The van der Waals surface area contributed by atoms with Gasteiger partial charge in [0.25, 0.3) is 0 Å². The Morgan fingerprint density at radius 1 is 1.30 bits per heavy atom. The van der Waals surface area contributed by atoms with Gasteiger partial charge in [0.15, 0.2) is 5.96 Å². The van der Waals surface area contributed by atoms with E-state index in [0.717, 1.165) is 44.2 Å². The van der Waals surface area contributed by atoms with Crippen molar-refractivity contribution in [2.24, 2.45) is 10.7 Å². The summed E-state index contributed by atoms with van der Waals surface area (Å²) >= 11 is 0. The fourth-order valence-electron chi connectivity index (χ4n) is 4.67. The second-order valence-electron chi connectivity index (χ2n) is 8.31. The van der Waals surface area contributed by atoms with E-state index < -0.39 is 0 Å². The summed E-state index contributed by atoms with van der Waals surface area (Å²) in [6.45, 7) is 2.97. The van der Waals surface area contributed by atoms with Gasteiger partial charge in [-0.05, 0) is 43.4 Å². The van der Waals surface area contributed by atoms with Gasteiger partial charge in [0.1, 0.15) is 5.75 Å². The number of amides is 1. The second kappa shape index (κ2) is 11.7. The maximum absolute atomic E-state index is 11.1. The number of aliphatic imine (C=N–C) groups is 1. The normalized spacial score (nSPS) is 19.7. The molecule has 0 radical (unpaired) electrons. The van der Waals surface area contributed by atoms with Crippen LogP contribution in [0.1, 0.15) is 44.1 Å².